The summed E-state index contributed by atoms with van der Waals surface area (Å²) in [5, 5.41) is 21.5. The molecule has 0 spiro atoms. The lowest BCUT2D eigenvalue weighted by atomic mass is 9.99. The summed E-state index contributed by atoms with van der Waals surface area (Å²) < 4.78 is 44.3. The molecule has 0 saturated heterocycles. The number of aliphatic hydroxyl groups excluding tert-OH is 1. The van der Waals surface area contributed by atoms with Gasteiger partial charge in [0.2, 0.25) is 12.0 Å². The fourth-order valence-corrected chi connectivity index (χ4v) is 7.75. The van der Waals surface area contributed by atoms with Crippen LogP contribution in [0.25, 0.3) is 43.2 Å². The normalized spacial score (nSPS) is 15.2. The van der Waals surface area contributed by atoms with Crippen molar-refractivity contribution in [2.75, 3.05) is 20.3 Å². The van der Waals surface area contributed by atoms with Crippen molar-refractivity contribution in [3.63, 3.8) is 0 Å². The number of para-hydroxylation sites is 1. The highest BCUT2D eigenvalue weighted by Crippen LogP contribution is 2.48. The van der Waals surface area contributed by atoms with E-state index in [-0.39, 0.29) is 37.1 Å². The van der Waals surface area contributed by atoms with E-state index in [9.17, 15) is 19.4 Å². The number of nitrogens with zero attached hydrogens (tertiary/aromatic N) is 4. The summed E-state index contributed by atoms with van der Waals surface area (Å²) in [6.07, 6.45) is 0.476. The standard InChI is InChI=1S/C42H32ClFN4O8S/c1-52-33-5-3-2-4-30(33)39-45-15-14-27(48-39)20-54-32-13-11-28-16-25(32)18-35(42(50)51)56-40-37-36(24-8-12-34(31(43)17-24)55-29(19-49)21-53-28)38(57-41(37)47-22-46-40)23-6-9-26(44)10-7-23/h2-17,22,29,35,49H,18-21H2,1H3,(H,50,51)/t29-,35-/m1/s1. The highest BCUT2D eigenvalue weighted by molar-refractivity contribution is 7.22. The molecule has 4 aromatic carbocycles. The van der Waals surface area contributed by atoms with Crippen LogP contribution in [0, 0.1) is 5.82 Å². The average molecular weight is 807 g/mol. The number of rotatable bonds is 8. The van der Waals surface area contributed by atoms with Crippen LogP contribution < -0.4 is 23.7 Å². The van der Waals surface area contributed by atoms with E-state index in [1.807, 2.05) is 24.3 Å². The molecule has 0 unspecified atom stereocenters. The quantitative estimate of drug-likeness (QED) is 0.153. The van der Waals surface area contributed by atoms with Crippen LogP contribution in [0.4, 0.5) is 4.39 Å². The van der Waals surface area contributed by atoms with Crippen LogP contribution in [0.5, 0.6) is 28.9 Å². The molecule has 9 rings (SSSR count). The molecule has 4 bridgehead atoms. The first-order chi connectivity index (χ1) is 27.8. The number of ether oxygens (including phenoxy) is 5. The van der Waals surface area contributed by atoms with Gasteiger partial charge in [0.1, 0.15) is 53.2 Å². The molecule has 0 radical (unpaired) electrons. The number of thiophene rings is 1. The van der Waals surface area contributed by atoms with E-state index in [0.717, 1.165) is 0 Å². The van der Waals surface area contributed by atoms with Crippen molar-refractivity contribution in [1.82, 2.24) is 19.9 Å². The second-order valence-corrected chi connectivity index (χ2v) is 14.2. The number of hydrogen-bond acceptors (Lipinski definition) is 12. The maximum absolute atomic E-state index is 14.1. The number of carboxylic acids is 1. The number of hydrogen-bond donors (Lipinski definition) is 2. The van der Waals surface area contributed by atoms with Crippen LogP contribution >= 0.6 is 22.9 Å². The number of halogens is 2. The number of carboxylic acid groups (broad SMARTS) is 1. The highest BCUT2D eigenvalue weighted by atomic mass is 35.5. The molecule has 15 heteroatoms. The molecular weight excluding hydrogens is 775 g/mol. The summed E-state index contributed by atoms with van der Waals surface area (Å²) >= 11 is 8.11. The molecule has 5 heterocycles. The minimum absolute atomic E-state index is 0.0197. The molecule has 3 aromatic heterocycles. The molecule has 2 N–H and O–H groups in total. The lowest BCUT2D eigenvalue weighted by Gasteiger charge is -2.20. The van der Waals surface area contributed by atoms with Gasteiger partial charge in [-0.1, -0.05) is 41.9 Å². The maximum atomic E-state index is 14.1. The predicted molar refractivity (Wildman–Crippen MR) is 211 cm³/mol. The lowest BCUT2D eigenvalue weighted by molar-refractivity contribution is -0.145. The number of aromatic nitrogens is 4. The monoisotopic (exact) mass is 806 g/mol. The fraction of sp³-hybridized carbons (Fsp3) is 0.167. The maximum Gasteiger partial charge on any atom is 0.345 e. The van der Waals surface area contributed by atoms with Crippen LogP contribution in [-0.4, -0.2) is 68.6 Å². The summed E-state index contributed by atoms with van der Waals surface area (Å²) in [6, 6.07) is 25.2. The first kappa shape index (κ1) is 37.6. The van der Waals surface area contributed by atoms with Gasteiger partial charge in [-0.15, -0.1) is 11.3 Å². The third kappa shape index (κ3) is 8.01. The van der Waals surface area contributed by atoms with E-state index in [1.54, 1.807) is 67.9 Å². The Morgan fingerprint density at radius 2 is 1.79 bits per heavy atom. The first-order valence-corrected chi connectivity index (χ1v) is 18.8. The Morgan fingerprint density at radius 3 is 2.58 bits per heavy atom. The summed E-state index contributed by atoms with van der Waals surface area (Å²) in [5.74, 6) is 0.449. The van der Waals surface area contributed by atoms with Crippen LogP contribution in [0.15, 0.2) is 104 Å². The largest absolute Gasteiger partial charge is 0.496 e. The zero-order valence-electron chi connectivity index (χ0n) is 30.1. The third-order valence-corrected chi connectivity index (χ3v) is 10.6. The molecule has 0 saturated carbocycles. The number of aliphatic carboxylic acids is 1. The van der Waals surface area contributed by atoms with Crippen LogP contribution in [-0.2, 0) is 17.8 Å². The topological polar surface area (TPSA) is 155 Å². The van der Waals surface area contributed by atoms with Gasteiger partial charge in [-0.3, -0.25) is 0 Å². The number of benzene rings is 4. The third-order valence-electron chi connectivity index (χ3n) is 9.12. The Kier molecular flexibility index (Phi) is 10.8. The van der Waals surface area contributed by atoms with Gasteiger partial charge in [0.25, 0.3) is 0 Å². The van der Waals surface area contributed by atoms with Gasteiger partial charge >= 0.3 is 5.97 Å². The van der Waals surface area contributed by atoms with Gasteiger partial charge in [-0.2, -0.15) is 0 Å². The Hall–Kier alpha value is -6.35. The van der Waals surface area contributed by atoms with Crippen LogP contribution in [0.1, 0.15) is 11.3 Å². The summed E-state index contributed by atoms with van der Waals surface area (Å²) in [4.78, 5) is 32.2. The molecule has 0 fully saturated rings. The van der Waals surface area contributed by atoms with Crippen molar-refractivity contribution in [3.05, 3.63) is 126 Å². The Balaban J connectivity index is 1.20. The van der Waals surface area contributed by atoms with E-state index >= 15 is 0 Å². The van der Waals surface area contributed by atoms with Gasteiger partial charge < -0.3 is 33.9 Å². The summed E-state index contributed by atoms with van der Waals surface area (Å²) in [5.41, 5.74) is 3.63. The first-order valence-electron chi connectivity index (χ1n) is 17.6. The Bertz CT molecular complexity index is 2590. The van der Waals surface area contributed by atoms with Crippen molar-refractivity contribution < 1.29 is 43.1 Å². The van der Waals surface area contributed by atoms with Crippen LogP contribution in [0.3, 0.4) is 0 Å². The van der Waals surface area contributed by atoms with Crippen molar-refractivity contribution in [3.8, 4) is 61.8 Å². The average Bonchev–Trinajstić information content (AvgIpc) is 3.63. The molecule has 57 heavy (non-hydrogen) atoms. The van der Waals surface area contributed by atoms with E-state index in [1.165, 1.54) is 29.8 Å². The minimum Gasteiger partial charge on any atom is -0.496 e. The molecule has 0 aliphatic carbocycles. The van der Waals surface area contributed by atoms with Gasteiger partial charge in [-0.05, 0) is 71.8 Å². The lowest BCUT2D eigenvalue weighted by Crippen LogP contribution is -2.30. The number of carbonyl (C=O) groups is 1. The van der Waals surface area contributed by atoms with Crippen molar-refractivity contribution in [2.45, 2.75) is 25.2 Å². The fourth-order valence-electron chi connectivity index (χ4n) is 6.37. The van der Waals surface area contributed by atoms with Gasteiger partial charge in [0, 0.05) is 28.6 Å². The highest BCUT2D eigenvalue weighted by Gasteiger charge is 2.28. The van der Waals surface area contributed by atoms with Crippen LogP contribution in [0.2, 0.25) is 5.02 Å². The van der Waals surface area contributed by atoms with Gasteiger partial charge in [0.15, 0.2) is 11.9 Å². The molecule has 2 aliphatic rings. The summed E-state index contributed by atoms with van der Waals surface area (Å²) in [7, 11) is 1.58. The van der Waals surface area contributed by atoms with E-state index < -0.39 is 24.0 Å². The number of fused-ring (bicyclic) bond motifs is 7. The Morgan fingerprint density at radius 1 is 0.965 bits per heavy atom. The SMILES string of the molecule is COc1ccccc1-c1nccc(COc2ccc3cc2C[C@H](C(=O)O)Oc2ncnc4sc(-c5ccc(F)cc5)c(c24)-c2ccc(c(Cl)c2)O[C@H](CO)CO3)n1. The van der Waals surface area contributed by atoms with Crippen molar-refractivity contribution in [1.29, 1.82) is 0 Å². The van der Waals surface area contributed by atoms with Crippen molar-refractivity contribution in [2.24, 2.45) is 0 Å². The van der Waals surface area contributed by atoms with E-state index in [4.69, 9.17) is 35.3 Å². The van der Waals surface area contributed by atoms with E-state index in [0.29, 0.717) is 77.4 Å². The minimum atomic E-state index is -1.46. The molecule has 2 atom stereocenters. The molecular formula is C42H32ClFN4O8S. The van der Waals surface area contributed by atoms with Crippen molar-refractivity contribution >= 4 is 39.1 Å². The molecule has 12 nitrogen and oxygen atoms in total. The Labute approximate surface area is 334 Å². The van der Waals surface area contributed by atoms with Gasteiger partial charge in [-0.25, -0.2) is 29.1 Å². The predicted octanol–water partition coefficient (Wildman–Crippen LogP) is 8.07. The van der Waals surface area contributed by atoms with Gasteiger partial charge in [0.05, 0.1) is 35.4 Å². The summed E-state index contributed by atoms with van der Waals surface area (Å²) in [6.45, 7) is -0.437. The van der Waals surface area contributed by atoms with E-state index in [2.05, 4.69) is 19.9 Å². The smallest absolute Gasteiger partial charge is 0.345 e. The second kappa shape index (κ2) is 16.4. The molecule has 0 amide bonds. The zero-order chi connectivity index (χ0) is 39.5. The second-order valence-electron chi connectivity index (χ2n) is 12.8. The molecule has 288 valence electrons. The molecule has 2 aliphatic heterocycles. The number of methoxy groups -OCH3 is 1. The number of aliphatic hydroxyl groups is 1. The molecule has 7 aromatic rings. The zero-order valence-corrected chi connectivity index (χ0v) is 31.7.